The van der Waals surface area contributed by atoms with E-state index in [0.29, 0.717) is 6.42 Å². The second-order valence-corrected chi connectivity index (χ2v) is 6.66. The van der Waals surface area contributed by atoms with E-state index >= 15 is 0 Å². The zero-order valence-corrected chi connectivity index (χ0v) is 12.5. The van der Waals surface area contributed by atoms with E-state index in [2.05, 4.69) is 0 Å². The predicted octanol–water partition coefficient (Wildman–Crippen LogP) is 2.54. The summed E-state index contributed by atoms with van der Waals surface area (Å²) in [5.74, 6) is -0.559. The summed E-state index contributed by atoms with van der Waals surface area (Å²) in [5.41, 5.74) is -0.505. The van der Waals surface area contributed by atoms with E-state index in [0.717, 1.165) is 0 Å². The Bertz CT molecular complexity index is 378. The number of rotatable bonds is 3. The molecule has 1 saturated carbocycles. The van der Waals surface area contributed by atoms with Crippen molar-refractivity contribution in [1.29, 1.82) is 0 Å². The zero-order chi connectivity index (χ0) is 14.8. The van der Waals surface area contributed by atoms with Crippen LogP contribution >= 0.6 is 0 Å². The van der Waals surface area contributed by atoms with E-state index in [9.17, 15) is 14.4 Å². The number of ketones is 2. The molecular formula is C15H24O4. The van der Waals surface area contributed by atoms with Crippen LogP contribution in [0.3, 0.4) is 0 Å². The molecule has 108 valence electrons. The van der Waals surface area contributed by atoms with Crippen molar-refractivity contribution >= 4 is 17.5 Å². The molecule has 0 radical (unpaired) electrons. The fourth-order valence-corrected chi connectivity index (χ4v) is 2.84. The lowest BCUT2D eigenvalue weighted by atomic mass is 9.71. The molecule has 3 unspecified atom stereocenters. The van der Waals surface area contributed by atoms with Gasteiger partial charge in [0, 0.05) is 18.8 Å². The fourth-order valence-electron chi connectivity index (χ4n) is 2.84. The lowest BCUT2D eigenvalue weighted by Gasteiger charge is -2.31. The van der Waals surface area contributed by atoms with E-state index in [1.54, 1.807) is 0 Å². The average Bonchev–Trinajstić information content (AvgIpc) is 2.10. The summed E-state index contributed by atoms with van der Waals surface area (Å²) in [5, 5.41) is 0. The lowest BCUT2D eigenvalue weighted by molar-refractivity contribution is -0.156. The van der Waals surface area contributed by atoms with Crippen LogP contribution in [0.1, 0.15) is 53.9 Å². The first-order chi connectivity index (χ1) is 8.60. The van der Waals surface area contributed by atoms with Gasteiger partial charge in [0.25, 0.3) is 0 Å². The Hall–Kier alpha value is -1.19. The average molecular weight is 268 g/mol. The highest BCUT2D eigenvalue weighted by Gasteiger charge is 2.37. The maximum absolute atomic E-state index is 12.0. The predicted molar refractivity (Wildman–Crippen MR) is 71.5 cm³/mol. The van der Waals surface area contributed by atoms with Gasteiger partial charge in [0.1, 0.15) is 17.2 Å². The molecule has 1 rings (SSSR count). The van der Waals surface area contributed by atoms with Crippen molar-refractivity contribution in [2.24, 2.45) is 17.8 Å². The van der Waals surface area contributed by atoms with E-state index in [1.165, 1.54) is 0 Å². The molecule has 0 bridgehead atoms. The molecule has 1 aliphatic carbocycles. The van der Waals surface area contributed by atoms with Gasteiger partial charge in [-0.25, -0.2) is 0 Å². The van der Waals surface area contributed by atoms with Crippen LogP contribution in [-0.4, -0.2) is 23.1 Å². The maximum Gasteiger partial charge on any atom is 0.306 e. The van der Waals surface area contributed by atoms with Gasteiger partial charge in [-0.2, -0.15) is 0 Å². The molecule has 0 amide bonds. The van der Waals surface area contributed by atoms with Gasteiger partial charge in [0.15, 0.2) is 0 Å². The molecule has 0 N–H and O–H groups in total. The van der Waals surface area contributed by atoms with Gasteiger partial charge in [-0.15, -0.1) is 0 Å². The first-order valence-corrected chi connectivity index (χ1v) is 6.86. The second kappa shape index (κ2) is 5.85. The number of carbonyl (C=O) groups is 3. The van der Waals surface area contributed by atoms with Crippen molar-refractivity contribution in [3.05, 3.63) is 0 Å². The third-order valence-corrected chi connectivity index (χ3v) is 3.43. The van der Waals surface area contributed by atoms with Crippen LogP contribution in [0.5, 0.6) is 0 Å². The molecule has 0 aromatic rings. The van der Waals surface area contributed by atoms with Crippen LogP contribution in [0, 0.1) is 17.8 Å². The molecule has 3 atom stereocenters. The summed E-state index contributed by atoms with van der Waals surface area (Å²) in [6.45, 7) is 9.26. The van der Waals surface area contributed by atoms with Crippen molar-refractivity contribution in [1.82, 2.24) is 0 Å². The van der Waals surface area contributed by atoms with Gasteiger partial charge in [-0.1, -0.05) is 13.8 Å². The topological polar surface area (TPSA) is 60.4 Å². The fraction of sp³-hybridized carbons (Fsp3) is 0.800. The molecule has 0 aliphatic heterocycles. The van der Waals surface area contributed by atoms with Crippen LogP contribution in [0.25, 0.3) is 0 Å². The number of ether oxygens (including phenoxy) is 1. The van der Waals surface area contributed by atoms with E-state index in [4.69, 9.17) is 4.74 Å². The summed E-state index contributed by atoms with van der Waals surface area (Å²) < 4.78 is 5.27. The molecule has 0 aromatic carbocycles. The highest BCUT2D eigenvalue weighted by atomic mass is 16.6. The Balaban J connectivity index is 2.62. The number of hydrogen-bond acceptors (Lipinski definition) is 4. The highest BCUT2D eigenvalue weighted by Crippen LogP contribution is 2.33. The van der Waals surface area contributed by atoms with Crippen molar-refractivity contribution in [3.63, 3.8) is 0 Å². The van der Waals surface area contributed by atoms with E-state index in [-0.39, 0.29) is 48.1 Å². The normalized spacial score (nSPS) is 26.2. The largest absolute Gasteiger partial charge is 0.460 e. The molecule has 19 heavy (non-hydrogen) atoms. The van der Waals surface area contributed by atoms with Crippen molar-refractivity contribution < 1.29 is 19.1 Å². The molecule has 1 aliphatic rings. The number of hydrogen-bond donors (Lipinski definition) is 0. The van der Waals surface area contributed by atoms with Crippen LogP contribution in [0.2, 0.25) is 0 Å². The van der Waals surface area contributed by atoms with E-state index < -0.39 is 5.60 Å². The standard InChI is InChI=1S/C15H24O4/c1-9-6-11(16)8-12(17)14(9)10(2)7-13(18)19-15(3,4)5/h9-10,14H,6-8H2,1-5H3. The van der Waals surface area contributed by atoms with Gasteiger partial charge in [0.05, 0.1) is 6.42 Å². The molecule has 0 heterocycles. The summed E-state index contributed by atoms with van der Waals surface area (Å²) in [6, 6.07) is 0. The Morgan fingerprint density at radius 3 is 2.42 bits per heavy atom. The minimum atomic E-state index is -0.505. The Morgan fingerprint density at radius 1 is 1.37 bits per heavy atom. The zero-order valence-electron chi connectivity index (χ0n) is 12.5. The molecule has 0 aromatic heterocycles. The molecule has 0 saturated heterocycles. The Kier molecular flexibility index (Phi) is 4.88. The third-order valence-electron chi connectivity index (χ3n) is 3.43. The van der Waals surface area contributed by atoms with Crippen LogP contribution in [0.4, 0.5) is 0 Å². The summed E-state index contributed by atoms with van der Waals surface area (Å²) in [4.78, 5) is 35.1. The van der Waals surface area contributed by atoms with Crippen molar-refractivity contribution in [2.45, 2.75) is 59.5 Å². The summed E-state index contributed by atoms with van der Waals surface area (Å²) in [7, 11) is 0. The molecule has 4 heteroatoms. The van der Waals surface area contributed by atoms with Crippen LogP contribution < -0.4 is 0 Å². The van der Waals surface area contributed by atoms with Gasteiger partial charge in [-0.05, 0) is 32.6 Å². The first kappa shape index (κ1) is 15.9. The minimum absolute atomic E-state index is 0.0122. The van der Waals surface area contributed by atoms with Gasteiger partial charge in [-0.3, -0.25) is 14.4 Å². The minimum Gasteiger partial charge on any atom is -0.460 e. The van der Waals surface area contributed by atoms with Gasteiger partial charge >= 0.3 is 5.97 Å². The van der Waals surface area contributed by atoms with Gasteiger partial charge < -0.3 is 4.74 Å². The third kappa shape index (κ3) is 4.77. The quantitative estimate of drug-likeness (QED) is 0.583. The maximum atomic E-state index is 12.0. The van der Waals surface area contributed by atoms with E-state index in [1.807, 2.05) is 34.6 Å². The molecule has 0 spiro atoms. The second-order valence-electron chi connectivity index (χ2n) is 6.66. The molecular weight excluding hydrogens is 244 g/mol. The number of esters is 1. The first-order valence-electron chi connectivity index (χ1n) is 6.86. The molecule has 4 nitrogen and oxygen atoms in total. The van der Waals surface area contributed by atoms with Crippen LogP contribution in [0.15, 0.2) is 0 Å². The number of Topliss-reactive ketones (excluding diaryl/α,β-unsaturated/α-hetero) is 2. The monoisotopic (exact) mass is 268 g/mol. The summed E-state index contributed by atoms with van der Waals surface area (Å²) >= 11 is 0. The summed E-state index contributed by atoms with van der Waals surface area (Å²) in [6.07, 6.45) is 0.689. The Morgan fingerprint density at radius 2 is 1.95 bits per heavy atom. The smallest absolute Gasteiger partial charge is 0.306 e. The van der Waals surface area contributed by atoms with Crippen LogP contribution in [-0.2, 0) is 19.1 Å². The molecule has 1 fully saturated rings. The SMILES string of the molecule is CC1CC(=O)CC(=O)C1C(C)CC(=O)OC(C)(C)C. The van der Waals surface area contributed by atoms with Crippen molar-refractivity contribution in [2.75, 3.05) is 0 Å². The number of carbonyl (C=O) groups excluding carboxylic acids is 3. The van der Waals surface area contributed by atoms with Crippen molar-refractivity contribution in [3.8, 4) is 0 Å². The highest BCUT2D eigenvalue weighted by molar-refractivity contribution is 6.02. The Labute approximate surface area is 114 Å². The van der Waals surface area contributed by atoms with Gasteiger partial charge in [0.2, 0.25) is 0 Å². The lowest BCUT2D eigenvalue weighted by Crippen LogP contribution is -2.37.